The largest absolute Gasteiger partial charge is 0.502 e. The number of aliphatic hydroxyl groups is 6. The van der Waals surface area contributed by atoms with Crippen molar-refractivity contribution < 1.29 is 92.7 Å². The molecule has 0 bridgehead atoms. The standard InChI is InChI=1S/C33H42O19/c1-43-17-10-16(11-18(44-2)24(17)37)31(42)48-13-22-25(38)27(40)28(41)32(49-22)52-33(14-35)30(26(39)21(12-34)51-33)50-23(36)7-6-15-8-19(45-3)29(47-5)20(9-15)46-4/h6-11,21-22,25-28,30,32,34-35,37-41H,12-14H2,1-5H3. The summed E-state index contributed by atoms with van der Waals surface area (Å²) in [6.45, 7) is -2.71. The molecule has 0 amide bonds. The van der Waals surface area contributed by atoms with E-state index in [1.54, 1.807) is 0 Å². The molecule has 0 aliphatic carbocycles. The van der Waals surface area contributed by atoms with Gasteiger partial charge in [0.1, 0.15) is 49.8 Å². The summed E-state index contributed by atoms with van der Waals surface area (Å²) in [5.41, 5.74) is 0.283. The molecule has 2 aromatic rings. The summed E-state index contributed by atoms with van der Waals surface area (Å²) in [7, 11) is 6.72. The maximum absolute atomic E-state index is 13.0. The molecule has 2 aliphatic heterocycles. The summed E-state index contributed by atoms with van der Waals surface area (Å²) in [5.74, 6) is -4.26. The van der Waals surface area contributed by atoms with E-state index < -0.39 is 86.6 Å². The first-order valence-electron chi connectivity index (χ1n) is 15.6. The number of ether oxygens (including phenoxy) is 10. The highest BCUT2D eigenvalue weighted by Crippen LogP contribution is 2.40. The number of carbonyl (C=O) groups excluding carboxylic acids is 2. The van der Waals surface area contributed by atoms with Crippen LogP contribution in [0.2, 0.25) is 0 Å². The molecule has 9 atom stereocenters. The van der Waals surface area contributed by atoms with Gasteiger partial charge in [-0.05, 0) is 35.9 Å². The first kappa shape index (κ1) is 40.3. The van der Waals surface area contributed by atoms with E-state index in [9.17, 15) is 45.3 Å². The van der Waals surface area contributed by atoms with Crippen molar-refractivity contribution in [3.05, 3.63) is 41.5 Å². The lowest BCUT2D eigenvalue weighted by molar-refractivity contribution is -0.383. The topological polar surface area (TPSA) is 268 Å². The number of aliphatic hydroxyl groups excluding tert-OH is 6. The van der Waals surface area contributed by atoms with Gasteiger partial charge in [0.2, 0.25) is 17.3 Å². The van der Waals surface area contributed by atoms with Crippen LogP contribution in [0.5, 0.6) is 34.5 Å². The Morgan fingerprint density at radius 3 is 1.90 bits per heavy atom. The zero-order chi connectivity index (χ0) is 38.3. The number of hydrogen-bond acceptors (Lipinski definition) is 19. The van der Waals surface area contributed by atoms with Crippen LogP contribution in [-0.4, -0.2) is 158 Å². The van der Waals surface area contributed by atoms with Crippen molar-refractivity contribution in [1.82, 2.24) is 0 Å². The van der Waals surface area contributed by atoms with Crippen molar-refractivity contribution in [3.63, 3.8) is 0 Å². The fourth-order valence-electron chi connectivity index (χ4n) is 5.54. The fraction of sp³-hybridized carbons (Fsp3) is 0.515. The Kier molecular flexibility index (Phi) is 13.5. The van der Waals surface area contributed by atoms with Crippen LogP contribution < -0.4 is 23.7 Å². The highest BCUT2D eigenvalue weighted by Gasteiger charge is 2.61. The minimum absolute atomic E-state index is 0.103. The van der Waals surface area contributed by atoms with Crippen molar-refractivity contribution in [2.75, 3.05) is 55.4 Å². The van der Waals surface area contributed by atoms with Crippen molar-refractivity contribution >= 4 is 18.0 Å². The molecule has 0 aromatic heterocycles. The van der Waals surface area contributed by atoms with E-state index in [0.29, 0.717) is 22.8 Å². The van der Waals surface area contributed by atoms with Gasteiger partial charge in [0.25, 0.3) is 0 Å². The van der Waals surface area contributed by atoms with Gasteiger partial charge < -0.3 is 83.1 Å². The Morgan fingerprint density at radius 1 is 0.788 bits per heavy atom. The molecule has 19 nitrogen and oxygen atoms in total. The van der Waals surface area contributed by atoms with Gasteiger partial charge in [-0.25, -0.2) is 9.59 Å². The molecule has 0 spiro atoms. The minimum atomic E-state index is -2.50. The molecule has 2 fully saturated rings. The molecule has 2 heterocycles. The number of esters is 2. The second kappa shape index (κ2) is 17.4. The van der Waals surface area contributed by atoms with Crippen LogP contribution in [0.25, 0.3) is 6.08 Å². The van der Waals surface area contributed by atoms with Crippen LogP contribution in [0.4, 0.5) is 0 Å². The molecule has 288 valence electrons. The second-order valence-corrected chi connectivity index (χ2v) is 11.4. The second-order valence-electron chi connectivity index (χ2n) is 11.4. The van der Waals surface area contributed by atoms with E-state index in [1.807, 2.05) is 0 Å². The zero-order valence-electron chi connectivity index (χ0n) is 28.7. The predicted octanol–water partition coefficient (Wildman–Crippen LogP) is -1.52. The van der Waals surface area contributed by atoms with Gasteiger partial charge in [-0.2, -0.15) is 0 Å². The maximum Gasteiger partial charge on any atom is 0.338 e. The zero-order valence-corrected chi connectivity index (χ0v) is 28.7. The van der Waals surface area contributed by atoms with Crippen molar-refractivity contribution in [1.29, 1.82) is 0 Å². The van der Waals surface area contributed by atoms with E-state index >= 15 is 0 Å². The Labute approximate surface area is 296 Å². The van der Waals surface area contributed by atoms with Gasteiger partial charge in [-0.1, -0.05) is 0 Å². The minimum Gasteiger partial charge on any atom is -0.502 e. The van der Waals surface area contributed by atoms with E-state index in [-0.39, 0.29) is 22.8 Å². The molecular formula is C33H42O19. The van der Waals surface area contributed by atoms with Crippen LogP contribution in [-0.2, 0) is 28.5 Å². The summed E-state index contributed by atoms with van der Waals surface area (Å²) in [5, 5.41) is 73.4. The SMILES string of the molecule is COc1cc(C(=O)OCC2OC(OC3(CO)OC(CO)C(O)C3OC(=O)C=Cc3cc(OC)c(OC)c(OC)c3)C(O)C(O)C2O)cc(OC)c1O. The highest BCUT2D eigenvalue weighted by atomic mass is 16.8. The lowest BCUT2D eigenvalue weighted by Crippen LogP contribution is -2.63. The third kappa shape index (κ3) is 8.27. The summed E-state index contributed by atoms with van der Waals surface area (Å²) in [4.78, 5) is 25.9. The number of phenols is 1. The average Bonchev–Trinajstić information content (AvgIpc) is 3.42. The summed E-state index contributed by atoms with van der Waals surface area (Å²) in [6, 6.07) is 5.40. The lowest BCUT2D eigenvalue weighted by atomic mass is 9.98. The third-order valence-corrected chi connectivity index (χ3v) is 8.30. The van der Waals surface area contributed by atoms with Gasteiger partial charge in [0.05, 0.1) is 47.7 Å². The Morgan fingerprint density at radius 2 is 1.38 bits per heavy atom. The van der Waals surface area contributed by atoms with Crippen LogP contribution in [0.1, 0.15) is 15.9 Å². The van der Waals surface area contributed by atoms with E-state index in [2.05, 4.69) is 0 Å². The van der Waals surface area contributed by atoms with Crippen LogP contribution in [0.3, 0.4) is 0 Å². The van der Waals surface area contributed by atoms with Gasteiger partial charge in [0.15, 0.2) is 35.4 Å². The van der Waals surface area contributed by atoms with Crippen molar-refractivity contribution in [2.45, 2.75) is 54.8 Å². The molecule has 52 heavy (non-hydrogen) atoms. The van der Waals surface area contributed by atoms with Gasteiger partial charge in [-0.15, -0.1) is 0 Å². The molecule has 2 aromatic carbocycles. The van der Waals surface area contributed by atoms with Crippen molar-refractivity contribution in [3.8, 4) is 34.5 Å². The molecule has 0 saturated carbocycles. The Balaban J connectivity index is 1.52. The van der Waals surface area contributed by atoms with E-state index in [1.165, 1.54) is 53.8 Å². The number of aromatic hydroxyl groups is 1. The fourth-order valence-corrected chi connectivity index (χ4v) is 5.54. The summed E-state index contributed by atoms with van der Waals surface area (Å²) < 4.78 is 53.6. The molecule has 0 radical (unpaired) electrons. The quantitative estimate of drug-likeness (QED) is 0.0807. The number of carbonyl (C=O) groups is 2. The lowest BCUT2D eigenvalue weighted by Gasteiger charge is -2.43. The highest BCUT2D eigenvalue weighted by molar-refractivity contribution is 5.91. The van der Waals surface area contributed by atoms with Crippen LogP contribution in [0, 0.1) is 0 Å². The first-order valence-corrected chi connectivity index (χ1v) is 15.6. The summed E-state index contributed by atoms with van der Waals surface area (Å²) in [6.07, 6.45) is -12.2. The monoisotopic (exact) mass is 742 g/mol. The number of methoxy groups -OCH3 is 5. The Bertz CT molecular complexity index is 1530. The third-order valence-electron chi connectivity index (χ3n) is 8.30. The molecule has 9 unspecified atom stereocenters. The van der Waals surface area contributed by atoms with E-state index in [0.717, 1.165) is 18.2 Å². The van der Waals surface area contributed by atoms with Crippen molar-refractivity contribution in [2.24, 2.45) is 0 Å². The van der Waals surface area contributed by atoms with Crippen LogP contribution in [0.15, 0.2) is 30.3 Å². The first-order chi connectivity index (χ1) is 24.8. The number of benzene rings is 2. The molecule has 4 rings (SSSR count). The Hall–Kier alpha value is -4.44. The predicted molar refractivity (Wildman–Crippen MR) is 172 cm³/mol. The molecule has 2 saturated heterocycles. The number of phenolic OH excluding ortho intramolecular Hbond substituents is 1. The van der Waals surface area contributed by atoms with Gasteiger partial charge >= 0.3 is 11.9 Å². The van der Waals surface area contributed by atoms with Gasteiger partial charge in [0, 0.05) is 6.08 Å². The normalized spacial score (nSPS) is 28.7. The van der Waals surface area contributed by atoms with Gasteiger partial charge in [-0.3, -0.25) is 0 Å². The average molecular weight is 743 g/mol. The maximum atomic E-state index is 13.0. The summed E-state index contributed by atoms with van der Waals surface area (Å²) >= 11 is 0. The number of hydrogen-bond donors (Lipinski definition) is 7. The smallest absolute Gasteiger partial charge is 0.338 e. The molecular weight excluding hydrogens is 700 g/mol. The number of rotatable bonds is 15. The van der Waals surface area contributed by atoms with Crippen LogP contribution >= 0.6 is 0 Å². The van der Waals surface area contributed by atoms with E-state index in [4.69, 9.17) is 47.4 Å². The molecule has 7 N–H and O–H groups in total. The molecule has 19 heteroatoms. The molecule has 2 aliphatic rings.